The van der Waals surface area contributed by atoms with Crippen LogP contribution in [-0.2, 0) is 4.74 Å². The number of rotatable bonds is 7. The molecule has 0 aliphatic heterocycles. The number of allylic oxidation sites excluding steroid dienone is 1. The Kier molecular flexibility index (Phi) is 8.26. The molecule has 0 amide bonds. The molecular weight excluding hydrogens is 372 g/mol. The van der Waals surface area contributed by atoms with Gasteiger partial charge in [-0.05, 0) is 65.9 Å². The average molecular weight is 419 g/mol. The van der Waals surface area contributed by atoms with E-state index in [2.05, 4.69) is 99.7 Å². The van der Waals surface area contributed by atoms with Crippen molar-refractivity contribution in [3.8, 4) is 5.75 Å². The van der Waals surface area contributed by atoms with Gasteiger partial charge in [-0.15, -0.1) is 0 Å². The maximum Gasteiger partial charge on any atom is 0.250 e. The quantitative estimate of drug-likeness (QED) is 0.325. The van der Waals surface area contributed by atoms with Crippen molar-refractivity contribution < 1.29 is 9.16 Å². The molecule has 0 aliphatic rings. The zero-order chi connectivity index (χ0) is 22.7. The van der Waals surface area contributed by atoms with Gasteiger partial charge in [-0.1, -0.05) is 74.4 Å². The van der Waals surface area contributed by atoms with Crippen LogP contribution >= 0.6 is 0 Å². The number of hydrogen-bond acceptors (Lipinski definition) is 2. The first-order chi connectivity index (χ1) is 13.0. The van der Waals surface area contributed by atoms with Gasteiger partial charge in [0.2, 0.25) is 8.32 Å². The van der Waals surface area contributed by atoms with Crippen LogP contribution in [0.2, 0.25) is 18.1 Å². The molecule has 0 radical (unpaired) electrons. The van der Waals surface area contributed by atoms with Gasteiger partial charge >= 0.3 is 0 Å². The third kappa shape index (κ3) is 7.84. The molecule has 0 spiro atoms. The van der Waals surface area contributed by atoms with E-state index >= 15 is 0 Å². The molecule has 29 heavy (non-hydrogen) atoms. The predicted molar refractivity (Wildman–Crippen MR) is 131 cm³/mol. The van der Waals surface area contributed by atoms with Crippen LogP contribution in [-0.4, -0.2) is 15.4 Å². The van der Waals surface area contributed by atoms with E-state index in [9.17, 15) is 0 Å². The summed E-state index contributed by atoms with van der Waals surface area (Å²) >= 11 is 0. The largest absolute Gasteiger partial charge is 0.543 e. The van der Waals surface area contributed by atoms with Crippen LogP contribution in [0, 0.1) is 10.8 Å². The van der Waals surface area contributed by atoms with Gasteiger partial charge in [-0.25, -0.2) is 0 Å². The molecular formula is C26H46O2Si. The van der Waals surface area contributed by atoms with Crippen molar-refractivity contribution in [1.29, 1.82) is 0 Å². The Bertz CT molecular complexity index is 695. The van der Waals surface area contributed by atoms with Crippen molar-refractivity contribution in [2.24, 2.45) is 10.8 Å². The van der Waals surface area contributed by atoms with Crippen molar-refractivity contribution >= 4 is 14.1 Å². The van der Waals surface area contributed by atoms with Crippen molar-refractivity contribution in [2.75, 3.05) is 7.11 Å². The van der Waals surface area contributed by atoms with Gasteiger partial charge < -0.3 is 9.16 Å². The number of benzene rings is 1. The third-order valence-electron chi connectivity index (χ3n) is 6.01. The Morgan fingerprint density at radius 3 is 1.97 bits per heavy atom. The molecule has 2 nitrogen and oxygen atoms in total. The standard InChI is InChI=1S/C26H46O2Si/c1-24(2,3)18-14-17-22(25(4,5)6)23(27-10)20-15-13-16-21(19-20)28-29(11,12)26(7,8)9/h13,15-16,19H,14,17-18H2,1-12H3. The summed E-state index contributed by atoms with van der Waals surface area (Å²) in [5.41, 5.74) is 2.91. The Morgan fingerprint density at radius 2 is 1.52 bits per heavy atom. The van der Waals surface area contributed by atoms with E-state index in [0.29, 0.717) is 5.41 Å². The van der Waals surface area contributed by atoms with Crippen LogP contribution in [0.3, 0.4) is 0 Å². The zero-order valence-corrected chi connectivity index (χ0v) is 22.2. The van der Waals surface area contributed by atoms with Crippen molar-refractivity contribution in [1.82, 2.24) is 0 Å². The van der Waals surface area contributed by atoms with Crippen molar-refractivity contribution in [3.63, 3.8) is 0 Å². The molecule has 1 aromatic rings. The van der Waals surface area contributed by atoms with Crippen LogP contribution in [0.25, 0.3) is 5.76 Å². The van der Waals surface area contributed by atoms with E-state index in [1.807, 2.05) is 0 Å². The van der Waals surface area contributed by atoms with Gasteiger partial charge in [-0.3, -0.25) is 0 Å². The first kappa shape index (κ1) is 25.8. The van der Waals surface area contributed by atoms with Crippen LogP contribution in [0.4, 0.5) is 0 Å². The fraction of sp³-hybridized carbons (Fsp3) is 0.692. The summed E-state index contributed by atoms with van der Waals surface area (Å²) in [6, 6.07) is 8.47. The minimum atomic E-state index is -1.88. The lowest BCUT2D eigenvalue weighted by atomic mass is 9.79. The van der Waals surface area contributed by atoms with Crippen LogP contribution in [0.1, 0.15) is 87.1 Å². The summed E-state index contributed by atoms with van der Waals surface area (Å²) in [7, 11) is -0.0785. The Morgan fingerprint density at radius 1 is 0.931 bits per heavy atom. The minimum Gasteiger partial charge on any atom is -0.543 e. The second kappa shape index (κ2) is 9.28. The molecule has 0 saturated carbocycles. The molecule has 0 aliphatic carbocycles. The summed E-state index contributed by atoms with van der Waals surface area (Å²) in [5, 5.41) is 0.173. The minimum absolute atomic E-state index is 0.0551. The molecule has 0 bridgehead atoms. The monoisotopic (exact) mass is 418 g/mol. The van der Waals surface area contributed by atoms with E-state index in [4.69, 9.17) is 9.16 Å². The highest BCUT2D eigenvalue weighted by Crippen LogP contribution is 2.40. The lowest BCUT2D eigenvalue weighted by Gasteiger charge is -2.36. The molecule has 166 valence electrons. The molecule has 0 N–H and O–H groups in total. The molecule has 0 fully saturated rings. The third-order valence-corrected chi connectivity index (χ3v) is 10.4. The lowest BCUT2D eigenvalue weighted by molar-refractivity contribution is 0.335. The van der Waals surface area contributed by atoms with Gasteiger partial charge in [0.1, 0.15) is 11.5 Å². The van der Waals surface area contributed by atoms with Crippen molar-refractivity contribution in [3.05, 3.63) is 35.4 Å². The second-order valence-electron chi connectivity index (χ2n) is 12.1. The van der Waals surface area contributed by atoms with Gasteiger partial charge in [0.05, 0.1) is 7.11 Å². The maximum atomic E-state index is 6.55. The number of hydrogen-bond donors (Lipinski definition) is 0. The fourth-order valence-electron chi connectivity index (χ4n) is 3.19. The maximum absolute atomic E-state index is 6.55. The Balaban J connectivity index is 3.30. The predicted octanol–water partition coefficient (Wildman–Crippen LogP) is 8.69. The molecule has 0 unspecified atom stereocenters. The summed E-state index contributed by atoms with van der Waals surface area (Å²) < 4.78 is 12.5. The van der Waals surface area contributed by atoms with Gasteiger partial charge in [0.25, 0.3) is 0 Å². The average Bonchev–Trinajstić information content (AvgIpc) is 2.51. The van der Waals surface area contributed by atoms with E-state index in [0.717, 1.165) is 23.5 Å². The first-order valence-electron chi connectivity index (χ1n) is 11.0. The molecule has 3 heteroatoms. The highest BCUT2D eigenvalue weighted by Gasteiger charge is 2.39. The number of methoxy groups -OCH3 is 1. The first-order valence-corrected chi connectivity index (χ1v) is 14.0. The highest BCUT2D eigenvalue weighted by atomic mass is 28.4. The normalized spacial score (nSPS) is 14.5. The molecule has 1 aromatic carbocycles. The molecule has 0 atom stereocenters. The van der Waals surface area contributed by atoms with E-state index in [1.165, 1.54) is 18.4 Å². The fourth-order valence-corrected chi connectivity index (χ4v) is 4.21. The summed E-state index contributed by atoms with van der Waals surface area (Å²) in [4.78, 5) is 0. The van der Waals surface area contributed by atoms with E-state index in [1.54, 1.807) is 7.11 Å². The van der Waals surface area contributed by atoms with Crippen LogP contribution in [0.15, 0.2) is 29.8 Å². The molecule has 0 heterocycles. The Labute approximate surface area is 182 Å². The zero-order valence-electron chi connectivity index (χ0n) is 21.2. The van der Waals surface area contributed by atoms with Gasteiger partial charge in [-0.2, -0.15) is 0 Å². The van der Waals surface area contributed by atoms with Crippen molar-refractivity contribution in [2.45, 2.75) is 99.7 Å². The molecule has 0 aromatic heterocycles. The van der Waals surface area contributed by atoms with Gasteiger partial charge in [0.15, 0.2) is 0 Å². The topological polar surface area (TPSA) is 18.5 Å². The Hall–Kier alpha value is -1.22. The van der Waals surface area contributed by atoms with E-state index < -0.39 is 8.32 Å². The summed E-state index contributed by atoms with van der Waals surface area (Å²) in [6.45, 7) is 25.2. The van der Waals surface area contributed by atoms with Crippen LogP contribution < -0.4 is 4.43 Å². The molecule has 1 rings (SSSR count). The summed E-state index contributed by atoms with van der Waals surface area (Å²) in [6.07, 6.45) is 3.43. The smallest absolute Gasteiger partial charge is 0.250 e. The van der Waals surface area contributed by atoms with Gasteiger partial charge in [0, 0.05) is 5.56 Å². The van der Waals surface area contributed by atoms with Crippen LogP contribution in [0.5, 0.6) is 5.75 Å². The second-order valence-corrected chi connectivity index (χ2v) is 16.8. The summed E-state index contributed by atoms with van der Waals surface area (Å²) in [5.74, 6) is 1.96. The molecule has 0 saturated heterocycles. The number of ether oxygens (including phenoxy) is 1. The SMILES string of the molecule is COC(=C(CCCC(C)(C)C)C(C)(C)C)c1cccc(O[Si](C)(C)C(C)(C)C)c1. The van der Waals surface area contributed by atoms with E-state index in [-0.39, 0.29) is 10.5 Å². The highest BCUT2D eigenvalue weighted by molar-refractivity contribution is 6.74. The lowest BCUT2D eigenvalue weighted by Crippen LogP contribution is -2.43.